The van der Waals surface area contributed by atoms with Gasteiger partial charge < -0.3 is 25.6 Å². The van der Waals surface area contributed by atoms with Crippen LogP contribution < -0.4 is 21.3 Å². The molecule has 4 N–H and O–H groups in total. The van der Waals surface area contributed by atoms with Gasteiger partial charge >= 0.3 is 26.0 Å². The summed E-state index contributed by atoms with van der Waals surface area (Å²) in [5, 5.41) is 12.2. The van der Waals surface area contributed by atoms with E-state index in [0.29, 0.717) is 24.2 Å². The Morgan fingerprint density at radius 1 is 1.02 bits per heavy atom. The number of carbonyl (C=O) groups excluding carboxylic acids is 3. The lowest BCUT2D eigenvalue weighted by Gasteiger charge is -2.28. The number of urea groups is 2. The summed E-state index contributed by atoms with van der Waals surface area (Å²) in [6.45, 7) is -0.0507. The number of ether oxygens (including phenoxy) is 1. The van der Waals surface area contributed by atoms with Crippen molar-refractivity contribution in [2.75, 3.05) is 52.9 Å². The number of amides is 5. The summed E-state index contributed by atoms with van der Waals surface area (Å²) in [6, 6.07) is 11.9. The Morgan fingerprint density at radius 3 is 2.48 bits per heavy atom. The Labute approximate surface area is 270 Å². The van der Waals surface area contributed by atoms with Crippen molar-refractivity contribution in [3.05, 3.63) is 71.1 Å². The van der Waals surface area contributed by atoms with E-state index < -0.39 is 37.8 Å². The summed E-state index contributed by atoms with van der Waals surface area (Å²) in [4.78, 5) is 43.3. The number of hydrogen-bond donors (Lipinski definition) is 4. The predicted octanol–water partition coefficient (Wildman–Crippen LogP) is 5.28. The summed E-state index contributed by atoms with van der Waals surface area (Å²) < 4.78 is 45.4. The van der Waals surface area contributed by atoms with E-state index in [1.165, 1.54) is 38.3 Å². The van der Waals surface area contributed by atoms with Gasteiger partial charge in [0.1, 0.15) is 18.2 Å². The van der Waals surface area contributed by atoms with Crippen molar-refractivity contribution in [1.82, 2.24) is 25.8 Å². The van der Waals surface area contributed by atoms with Gasteiger partial charge in [-0.1, -0.05) is 48.0 Å². The molecule has 250 valence electrons. The number of benzene rings is 2. The molecule has 1 heterocycles. The minimum atomic E-state index is -3.64. The third kappa shape index (κ3) is 11.4. The van der Waals surface area contributed by atoms with Crippen molar-refractivity contribution in [1.29, 1.82) is 0 Å². The molecule has 0 saturated heterocycles. The molecular weight excluding hydrogens is 646 g/mol. The lowest BCUT2D eigenvalue weighted by Crippen LogP contribution is -2.46. The molecule has 0 saturated carbocycles. The third-order valence-electron chi connectivity index (χ3n) is 6.68. The molecule has 17 heteroatoms. The molecule has 0 bridgehead atoms. The first kappa shape index (κ1) is 36.5. The Hall–Kier alpha value is -4.01. The summed E-state index contributed by atoms with van der Waals surface area (Å²) in [7, 11) is 0.240. The van der Waals surface area contributed by atoms with Crippen LogP contribution in [0.15, 0.2) is 54.7 Å². The number of aromatic nitrogens is 1. The Balaban J connectivity index is 1.53. The van der Waals surface area contributed by atoms with Gasteiger partial charge in [0.15, 0.2) is 0 Å². The van der Waals surface area contributed by atoms with Gasteiger partial charge in [0, 0.05) is 52.5 Å². The summed E-state index contributed by atoms with van der Waals surface area (Å²) >= 11 is 6.01. The van der Waals surface area contributed by atoms with Crippen LogP contribution in [0.3, 0.4) is 0 Å². The van der Waals surface area contributed by atoms with Crippen LogP contribution in [0, 0.1) is 5.82 Å². The highest BCUT2D eigenvalue weighted by molar-refractivity contribution is 7.48. The van der Waals surface area contributed by atoms with Gasteiger partial charge in [-0.15, -0.1) is 0 Å². The maximum Gasteiger partial charge on any atom is 0.474 e. The van der Waals surface area contributed by atoms with Crippen LogP contribution >= 0.6 is 19.4 Å². The molecule has 14 nitrogen and oxygen atoms in total. The number of rotatable bonds is 16. The lowest BCUT2D eigenvalue weighted by atomic mass is 10.1. The normalized spacial score (nSPS) is 11.8. The minimum Gasteiger partial charge on any atom is -0.447 e. The molecule has 1 atom stereocenters. The van der Waals surface area contributed by atoms with E-state index in [2.05, 4.69) is 35.3 Å². The van der Waals surface area contributed by atoms with Gasteiger partial charge in [-0.2, -0.15) is 0 Å². The number of anilines is 1. The second-order valence-corrected chi connectivity index (χ2v) is 12.0. The van der Waals surface area contributed by atoms with Gasteiger partial charge in [0.05, 0.1) is 17.7 Å². The van der Waals surface area contributed by atoms with Crippen molar-refractivity contribution in [2.24, 2.45) is 0 Å². The molecule has 0 spiro atoms. The molecule has 3 aromatic rings. The molecule has 0 aliphatic rings. The molecule has 3 rings (SSSR count). The van der Waals surface area contributed by atoms with Crippen LogP contribution in [0.1, 0.15) is 18.4 Å². The molecule has 0 aliphatic carbocycles. The van der Waals surface area contributed by atoms with Crippen LogP contribution in [0.25, 0.3) is 10.8 Å². The Morgan fingerprint density at radius 2 is 1.74 bits per heavy atom. The molecule has 2 aromatic carbocycles. The van der Waals surface area contributed by atoms with E-state index in [0.717, 1.165) is 10.8 Å². The summed E-state index contributed by atoms with van der Waals surface area (Å²) in [5.41, 5.74) is 0.395. The molecular formula is C29H37ClFN6O8P. The van der Waals surface area contributed by atoms with Crippen molar-refractivity contribution in [3.63, 3.8) is 0 Å². The molecule has 0 aliphatic heterocycles. The highest BCUT2D eigenvalue weighted by Gasteiger charge is 2.23. The number of phosphoric ester groups is 1. The van der Waals surface area contributed by atoms with Gasteiger partial charge in [0.25, 0.3) is 0 Å². The van der Waals surface area contributed by atoms with E-state index in [1.54, 1.807) is 18.3 Å². The van der Waals surface area contributed by atoms with E-state index in [9.17, 15) is 23.3 Å². The van der Waals surface area contributed by atoms with Crippen LogP contribution in [0.2, 0.25) is 5.02 Å². The average molecular weight is 683 g/mol. The number of fused-ring (bicyclic) bond motifs is 1. The first-order chi connectivity index (χ1) is 22.0. The van der Waals surface area contributed by atoms with Crippen LogP contribution in [-0.4, -0.2) is 81.7 Å². The fourth-order valence-electron chi connectivity index (χ4n) is 4.10. The minimum absolute atomic E-state index is 0.0306. The standard InChI is InChI=1S/C29H37ClFN6O8P/c1-37(28(39)35-18-22-10-6-12-24(31)26(22)30)23(11-7-13-32-27(38)33-14-15-45-46(41,42-2)43-3)19-44-29(40)36-25-16-20-8-4-5-9-21(20)17-34-25/h4-6,8-10,12,16-17,23H,7,11,13-15,18-19H2,1-3H3,(H,35,39)(H2,32,33,38)(H,34,36,40)/t23-/m0/s1. The smallest absolute Gasteiger partial charge is 0.447 e. The SMILES string of the molecule is COP(=O)(OC)OCCNC(=O)NCCC[C@@H](COC(=O)Nc1cc2ccccc2cn1)N(C)C(=O)NCc1cccc(F)c1Cl. The van der Waals surface area contributed by atoms with Crippen molar-refractivity contribution in [2.45, 2.75) is 25.4 Å². The second-order valence-electron chi connectivity index (χ2n) is 9.75. The maximum absolute atomic E-state index is 13.8. The van der Waals surface area contributed by atoms with Crippen LogP contribution in [0.4, 0.5) is 24.6 Å². The fourth-order valence-corrected chi connectivity index (χ4v) is 4.97. The second kappa shape index (κ2) is 18.2. The topological polar surface area (TPSA) is 169 Å². The number of nitrogens with zero attached hydrogens (tertiary/aromatic N) is 2. The summed E-state index contributed by atoms with van der Waals surface area (Å²) in [6.07, 6.45) is 1.60. The van der Waals surface area contributed by atoms with Gasteiger partial charge in [-0.05, 0) is 35.9 Å². The van der Waals surface area contributed by atoms with Crippen LogP contribution in [-0.2, 0) is 29.4 Å². The summed E-state index contributed by atoms with van der Waals surface area (Å²) in [5.74, 6) is -0.305. The van der Waals surface area contributed by atoms with Gasteiger partial charge in [0.2, 0.25) is 0 Å². The number of pyridine rings is 1. The van der Waals surface area contributed by atoms with Gasteiger partial charge in [-0.25, -0.2) is 28.3 Å². The van der Waals surface area contributed by atoms with E-state index in [1.807, 2.05) is 24.3 Å². The van der Waals surface area contributed by atoms with Crippen molar-refractivity contribution < 1.29 is 41.6 Å². The van der Waals surface area contributed by atoms with Crippen molar-refractivity contribution in [3.8, 4) is 0 Å². The van der Waals surface area contributed by atoms with Crippen LogP contribution in [0.5, 0.6) is 0 Å². The highest BCUT2D eigenvalue weighted by Crippen LogP contribution is 2.47. The number of halogens is 2. The lowest BCUT2D eigenvalue weighted by molar-refractivity contribution is 0.113. The number of hydrogen-bond acceptors (Lipinski definition) is 9. The van der Waals surface area contributed by atoms with Gasteiger partial charge in [-0.3, -0.25) is 18.9 Å². The zero-order valence-electron chi connectivity index (χ0n) is 25.6. The number of likely N-dealkylation sites (N-methyl/N-ethyl adjacent to an activating group) is 1. The maximum atomic E-state index is 13.8. The first-order valence-electron chi connectivity index (χ1n) is 14.1. The fraction of sp³-hybridized carbons (Fsp3) is 0.379. The zero-order chi connectivity index (χ0) is 33.5. The first-order valence-corrected chi connectivity index (χ1v) is 16.0. The molecule has 0 radical (unpaired) electrons. The quantitative estimate of drug-likeness (QED) is 0.116. The zero-order valence-corrected chi connectivity index (χ0v) is 27.2. The number of carbonyl (C=O) groups is 3. The molecule has 0 unspecified atom stereocenters. The average Bonchev–Trinajstić information content (AvgIpc) is 3.06. The molecule has 1 aromatic heterocycles. The van der Waals surface area contributed by atoms with E-state index in [-0.39, 0.29) is 37.9 Å². The van der Waals surface area contributed by atoms with E-state index in [4.69, 9.17) is 20.9 Å². The van der Waals surface area contributed by atoms with Crippen molar-refractivity contribution >= 4 is 54.2 Å². The molecule has 46 heavy (non-hydrogen) atoms. The Kier molecular flexibility index (Phi) is 14.4. The predicted molar refractivity (Wildman–Crippen MR) is 170 cm³/mol. The Bertz CT molecular complexity index is 1530. The molecule has 0 fully saturated rings. The third-order valence-corrected chi connectivity index (χ3v) is 8.50. The molecule has 5 amide bonds. The number of nitrogens with one attached hydrogen (secondary N) is 4. The number of phosphoric acid groups is 1. The van der Waals surface area contributed by atoms with E-state index >= 15 is 0 Å². The largest absolute Gasteiger partial charge is 0.474 e. The highest BCUT2D eigenvalue weighted by atomic mass is 35.5. The monoisotopic (exact) mass is 682 g/mol.